The summed E-state index contributed by atoms with van der Waals surface area (Å²) in [4.78, 5) is 11.7. The number of hydrogen-bond acceptors (Lipinski definition) is 3. The Morgan fingerprint density at radius 2 is 2.00 bits per heavy atom. The second-order valence-electron chi connectivity index (χ2n) is 4.08. The lowest BCUT2D eigenvalue weighted by Crippen LogP contribution is -2.28. The van der Waals surface area contributed by atoms with Crippen LogP contribution in [0.1, 0.15) is 29.8 Å². The van der Waals surface area contributed by atoms with E-state index in [4.69, 9.17) is 10.5 Å². The molecule has 0 spiro atoms. The minimum Gasteiger partial charge on any atom is -0.377 e. The topological polar surface area (TPSA) is 64.3 Å². The predicted molar refractivity (Wildman–Crippen MR) is 67.8 cm³/mol. The lowest BCUT2D eigenvalue weighted by Gasteiger charge is -2.08. The molecule has 4 nitrogen and oxygen atoms in total. The zero-order chi connectivity index (χ0) is 12.7. The molecule has 0 heterocycles. The number of nitrogens with one attached hydrogen (secondary N) is 1. The van der Waals surface area contributed by atoms with Crippen molar-refractivity contribution in [1.29, 1.82) is 0 Å². The summed E-state index contributed by atoms with van der Waals surface area (Å²) >= 11 is 0. The fourth-order valence-corrected chi connectivity index (χ4v) is 1.35. The van der Waals surface area contributed by atoms with E-state index in [-0.39, 0.29) is 12.0 Å². The fourth-order valence-electron chi connectivity index (χ4n) is 1.35. The molecule has 0 aromatic heterocycles. The van der Waals surface area contributed by atoms with Crippen molar-refractivity contribution in [3.05, 3.63) is 35.4 Å². The maximum atomic E-state index is 11.7. The molecular formula is C13H20N2O2. The number of benzene rings is 1. The van der Waals surface area contributed by atoms with E-state index in [9.17, 15) is 4.79 Å². The third kappa shape index (κ3) is 4.97. The highest BCUT2D eigenvalue weighted by Crippen LogP contribution is 2.03. The van der Waals surface area contributed by atoms with Crippen LogP contribution in [0.5, 0.6) is 0 Å². The Morgan fingerprint density at radius 1 is 1.35 bits per heavy atom. The Bertz CT molecular complexity index is 347. The Balaban J connectivity index is 2.36. The summed E-state index contributed by atoms with van der Waals surface area (Å²) in [7, 11) is 0. The quantitative estimate of drug-likeness (QED) is 0.732. The number of nitrogens with two attached hydrogens (primary N) is 1. The van der Waals surface area contributed by atoms with Crippen LogP contribution < -0.4 is 11.1 Å². The van der Waals surface area contributed by atoms with Crippen LogP contribution in [0.2, 0.25) is 0 Å². The van der Waals surface area contributed by atoms with Crippen LogP contribution in [0.3, 0.4) is 0 Å². The van der Waals surface area contributed by atoms with Crippen LogP contribution in [0, 0.1) is 0 Å². The average Bonchev–Trinajstić information content (AvgIpc) is 2.34. The van der Waals surface area contributed by atoms with Gasteiger partial charge in [0.15, 0.2) is 0 Å². The first-order chi connectivity index (χ1) is 8.13. The Kier molecular flexibility index (Phi) is 5.66. The lowest BCUT2D eigenvalue weighted by atomic mass is 10.1. The van der Waals surface area contributed by atoms with Crippen LogP contribution in [0.4, 0.5) is 0 Å². The summed E-state index contributed by atoms with van der Waals surface area (Å²) in [6.45, 7) is 5.48. The standard InChI is InChI=1S/C13H20N2O2/c1-10(2)17-8-7-15-13(16)12-5-3-11(9-14)4-6-12/h3-6,10H,7-9,14H2,1-2H3,(H,15,16). The minimum absolute atomic E-state index is 0.0825. The fraction of sp³-hybridized carbons (Fsp3) is 0.462. The average molecular weight is 236 g/mol. The lowest BCUT2D eigenvalue weighted by molar-refractivity contribution is 0.0746. The third-order valence-electron chi connectivity index (χ3n) is 2.29. The van der Waals surface area contributed by atoms with Crippen LogP contribution in [0.15, 0.2) is 24.3 Å². The molecule has 0 unspecified atom stereocenters. The summed E-state index contributed by atoms with van der Waals surface area (Å²) in [6, 6.07) is 7.28. The predicted octanol–water partition coefficient (Wildman–Crippen LogP) is 1.30. The molecule has 0 aliphatic carbocycles. The number of ether oxygens (including phenoxy) is 1. The molecule has 17 heavy (non-hydrogen) atoms. The van der Waals surface area contributed by atoms with Crippen LogP contribution in [-0.2, 0) is 11.3 Å². The molecule has 1 rings (SSSR count). The van der Waals surface area contributed by atoms with E-state index in [1.54, 1.807) is 12.1 Å². The van der Waals surface area contributed by atoms with E-state index < -0.39 is 0 Å². The van der Waals surface area contributed by atoms with Gasteiger partial charge in [0.1, 0.15) is 0 Å². The van der Waals surface area contributed by atoms with E-state index in [0.29, 0.717) is 25.3 Å². The van der Waals surface area contributed by atoms with Gasteiger partial charge in [-0.2, -0.15) is 0 Å². The van der Waals surface area contributed by atoms with Crippen LogP contribution in [-0.4, -0.2) is 25.2 Å². The summed E-state index contributed by atoms with van der Waals surface area (Å²) in [5.41, 5.74) is 7.15. The normalized spacial score (nSPS) is 10.6. The maximum Gasteiger partial charge on any atom is 0.251 e. The maximum absolute atomic E-state index is 11.7. The number of carbonyl (C=O) groups is 1. The number of carbonyl (C=O) groups excluding carboxylic acids is 1. The van der Waals surface area contributed by atoms with Crippen molar-refractivity contribution in [2.75, 3.05) is 13.2 Å². The second-order valence-corrected chi connectivity index (χ2v) is 4.08. The smallest absolute Gasteiger partial charge is 0.251 e. The molecule has 0 atom stereocenters. The van der Waals surface area contributed by atoms with Crippen molar-refractivity contribution in [3.63, 3.8) is 0 Å². The summed E-state index contributed by atoms with van der Waals surface area (Å²) in [5.74, 6) is -0.0825. The molecule has 0 aliphatic heterocycles. The first-order valence-electron chi connectivity index (χ1n) is 5.82. The van der Waals surface area contributed by atoms with Gasteiger partial charge in [-0.3, -0.25) is 4.79 Å². The summed E-state index contributed by atoms with van der Waals surface area (Å²) in [5, 5.41) is 2.80. The van der Waals surface area contributed by atoms with Gasteiger partial charge in [-0.25, -0.2) is 0 Å². The van der Waals surface area contributed by atoms with Crippen molar-refractivity contribution < 1.29 is 9.53 Å². The largest absolute Gasteiger partial charge is 0.377 e. The zero-order valence-corrected chi connectivity index (χ0v) is 10.4. The van der Waals surface area contributed by atoms with E-state index in [0.717, 1.165) is 5.56 Å². The Morgan fingerprint density at radius 3 is 2.53 bits per heavy atom. The molecule has 0 radical (unpaired) electrons. The highest BCUT2D eigenvalue weighted by atomic mass is 16.5. The van der Waals surface area contributed by atoms with Gasteiger partial charge in [-0.15, -0.1) is 0 Å². The molecular weight excluding hydrogens is 216 g/mol. The van der Waals surface area contributed by atoms with Crippen LogP contribution >= 0.6 is 0 Å². The van der Waals surface area contributed by atoms with Gasteiger partial charge in [0, 0.05) is 18.7 Å². The first-order valence-corrected chi connectivity index (χ1v) is 5.82. The Hall–Kier alpha value is -1.39. The van der Waals surface area contributed by atoms with Gasteiger partial charge in [0.05, 0.1) is 12.7 Å². The van der Waals surface area contributed by atoms with Crippen molar-refractivity contribution in [2.24, 2.45) is 5.73 Å². The molecule has 0 aliphatic rings. The molecule has 1 aromatic rings. The van der Waals surface area contributed by atoms with Crippen molar-refractivity contribution in [1.82, 2.24) is 5.32 Å². The summed E-state index contributed by atoms with van der Waals surface area (Å²) in [6.07, 6.45) is 0.190. The molecule has 0 saturated carbocycles. The molecule has 3 N–H and O–H groups in total. The molecule has 94 valence electrons. The number of amides is 1. The molecule has 0 bridgehead atoms. The molecule has 1 amide bonds. The summed E-state index contributed by atoms with van der Waals surface area (Å²) < 4.78 is 5.33. The monoisotopic (exact) mass is 236 g/mol. The first kappa shape index (κ1) is 13.7. The SMILES string of the molecule is CC(C)OCCNC(=O)c1ccc(CN)cc1. The molecule has 4 heteroatoms. The van der Waals surface area contributed by atoms with E-state index in [1.807, 2.05) is 26.0 Å². The van der Waals surface area contributed by atoms with E-state index >= 15 is 0 Å². The van der Waals surface area contributed by atoms with Crippen LogP contribution in [0.25, 0.3) is 0 Å². The Labute approximate surface area is 102 Å². The number of rotatable bonds is 6. The number of hydrogen-bond donors (Lipinski definition) is 2. The van der Waals surface area contributed by atoms with Gasteiger partial charge < -0.3 is 15.8 Å². The second kappa shape index (κ2) is 7.04. The highest BCUT2D eigenvalue weighted by Gasteiger charge is 2.04. The zero-order valence-electron chi connectivity index (χ0n) is 10.4. The van der Waals surface area contributed by atoms with Gasteiger partial charge in [0.2, 0.25) is 0 Å². The molecule has 0 fully saturated rings. The third-order valence-corrected chi connectivity index (χ3v) is 2.29. The van der Waals surface area contributed by atoms with Crippen molar-refractivity contribution >= 4 is 5.91 Å². The van der Waals surface area contributed by atoms with Gasteiger partial charge in [-0.1, -0.05) is 12.1 Å². The van der Waals surface area contributed by atoms with E-state index in [2.05, 4.69) is 5.32 Å². The van der Waals surface area contributed by atoms with Gasteiger partial charge in [0.25, 0.3) is 5.91 Å². The van der Waals surface area contributed by atoms with Gasteiger partial charge in [-0.05, 0) is 31.5 Å². The van der Waals surface area contributed by atoms with Gasteiger partial charge >= 0.3 is 0 Å². The highest BCUT2D eigenvalue weighted by molar-refractivity contribution is 5.94. The van der Waals surface area contributed by atoms with Crippen molar-refractivity contribution in [2.45, 2.75) is 26.5 Å². The van der Waals surface area contributed by atoms with Crippen molar-refractivity contribution in [3.8, 4) is 0 Å². The minimum atomic E-state index is -0.0825. The van der Waals surface area contributed by atoms with E-state index in [1.165, 1.54) is 0 Å². The molecule has 0 saturated heterocycles. The molecule has 1 aromatic carbocycles.